The fourth-order valence-electron chi connectivity index (χ4n) is 4.03. The highest BCUT2D eigenvalue weighted by Gasteiger charge is 2.20. The van der Waals surface area contributed by atoms with E-state index in [-0.39, 0.29) is 36.2 Å². The van der Waals surface area contributed by atoms with Crippen LogP contribution in [0, 0.1) is 0 Å². The second-order valence-corrected chi connectivity index (χ2v) is 8.16. The van der Waals surface area contributed by atoms with E-state index in [2.05, 4.69) is 23.6 Å². The summed E-state index contributed by atoms with van der Waals surface area (Å²) in [6.45, 7) is 6.52. The number of rotatable bonds is 12. The lowest BCUT2D eigenvalue weighted by Gasteiger charge is -2.19. The minimum Gasteiger partial charge on any atom is -0.493 e. The average molecular weight is 562 g/mol. The summed E-state index contributed by atoms with van der Waals surface area (Å²) in [6, 6.07) is 6.02. The SMILES string of the molecule is CCNC(=NCc1cccc(OC)c1OC1CCCC1)NCCCOCC1CCCO1.I. The molecule has 1 aliphatic heterocycles. The first-order valence-electron chi connectivity index (χ1n) is 11.8. The zero-order chi connectivity index (χ0) is 21.7. The predicted octanol–water partition coefficient (Wildman–Crippen LogP) is 4.28. The zero-order valence-corrected chi connectivity index (χ0v) is 21.9. The van der Waals surface area contributed by atoms with Crippen molar-refractivity contribution in [2.45, 2.75) is 70.6 Å². The standard InChI is InChI=1S/C24H39N3O4.HI/c1-3-25-24(26-14-8-15-29-18-21-12-7-16-30-21)27-17-19-9-6-13-22(28-2)23(19)31-20-10-4-5-11-20;/h6,9,13,20-21H,3-5,7-8,10-12,14-18H2,1-2H3,(H2,25,26,27);1H. The largest absolute Gasteiger partial charge is 0.493 e. The van der Waals surface area contributed by atoms with Gasteiger partial charge in [-0.1, -0.05) is 12.1 Å². The number of hydrogen-bond acceptors (Lipinski definition) is 5. The maximum Gasteiger partial charge on any atom is 0.191 e. The smallest absolute Gasteiger partial charge is 0.191 e. The Morgan fingerprint density at radius 3 is 2.72 bits per heavy atom. The summed E-state index contributed by atoms with van der Waals surface area (Å²) < 4.78 is 23.2. The summed E-state index contributed by atoms with van der Waals surface area (Å²) in [6.07, 6.45) is 8.45. The molecule has 1 aliphatic carbocycles. The number of para-hydroxylation sites is 1. The van der Waals surface area contributed by atoms with Crippen LogP contribution in [0.5, 0.6) is 11.5 Å². The minimum atomic E-state index is 0. The molecular formula is C24H40IN3O4. The third kappa shape index (κ3) is 8.94. The molecule has 0 bridgehead atoms. The number of halogens is 1. The minimum absolute atomic E-state index is 0. The third-order valence-corrected chi connectivity index (χ3v) is 5.70. The van der Waals surface area contributed by atoms with Crippen LogP contribution in [-0.2, 0) is 16.0 Å². The number of aliphatic imine (C=N–C) groups is 1. The molecule has 1 heterocycles. The monoisotopic (exact) mass is 561 g/mol. The van der Waals surface area contributed by atoms with E-state index in [0.29, 0.717) is 13.2 Å². The number of nitrogens with zero attached hydrogens (tertiary/aromatic N) is 1. The molecule has 3 rings (SSSR count). The summed E-state index contributed by atoms with van der Waals surface area (Å²) in [5, 5.41) is 6.71. The summed E-state index contributed by atoms with van der Waals surface area (Å²) in [7, 11) is 1.69. The molecule has 1 atom stereocenters. The lowest BCUT2D eigenvalue weighted by atomic mass is 10.1. The molecule has 8 heteroatoms. The van der Waals surface area contributed by atoms with Crippen LogP contribution in [0.25, 0.3) is 0 Å². The number of ether oxygens (including phenoxy) is 4. The van der Waals surface area contributed by atoms with E-state index in [4.69, 9.17) is 23.9 Å². The number of benzene rings is 1. The highest BCUT2D eigenvalue weighted by atomic mass is 127. The lowest BCUT2D eigenvalue weighted by molar-refractivity contribution is 0.0168. The Hall–Kier alpha value is -1.26. The molecule has 1 unspecified atom stereocenters. The van der Waals surface area contributed by atoms with Crippen LogP contribution in [0.2, 0.25) is 0 Å². The Kier molecular flexibility index (Phi) is 13.1. The van der Waals surface area contributed by atoms with Gasteiger partial charge in [0.2, 0.25) is 0 Å². The molecule has 0 aromatic heterocycles. The van der Waals surface area contributed by atoms with E-state index in [1.54, 1.807) is 7.11 Å². The van der Waals surface area contributed by atoms with Gasteiger partial charge >= 0.3 is 0 Å². The molecule has 0 amide bonds. The average Bonchev–Trinajstić information content (AvgIpc) is 3.49. The molecule has 2 fully saturated rings. The first-order valence-corrected chi connectivity index (χ1v) is 11.8. The van der Waals surface area contributed by atoms with Gasteiger partial charge in [-0.2, -0.15) is 0 Å². The lowest BCUT2D eigenvalue weighted by Crippen LogP contribution is -2.38. The van der Waals surface area contributed by atoms with Gasteiger partial charge in [-0.15, -0.1) is 24.0 Å². The Balaban J connectivity index is 0.00000363. The summed E-state index contributed by atoms with van der Waals surface area (Å²) in [5.74, 6) is 2.41. The van der Waals surface area contributed by atoms with Gasteiger partial charge in [0.1, 0.15) is 0 Å². The molecule has 2 N–H and O–H groups in total. The van der Waals surface area contributed by atoms with Crippen molar-refractivity contribution in [3.63, 3.8) is 0 Å². The molecule has 7 nitrogen and oxygen atoms in total. The Labute approximate surface area is 210 Å². The Morgan fingerprint density at radius 2 is 2.00 bits per heavy atom. The zero-order valence-electron chi connectivity index (χ0n) is 19.6. The van der Waals surface area contributed by atoms with Crippen molar-refractivity contribution in [2.24, 2.45) is 4.99 Å². The fraction of sp³-hybridized carbons (Fsp3) is 0.708. The molecule has 1 saturated carbocycles. The summed E-state index contributed by atoms with van der Waals surface area (Å²) in [4.78, 5) is 4.77. The van der Waals surface area contributed by atoms with Crippen molar-refractivity contribution in [1.29, 1.82) is 0 Å². The third-order valence-electron chi connectivity index (χ3n) is 5.70. The molecule has 0 radical (unpaired) electrons. The highest BCUT2D eigenvalue weighted by molar-refractivity contribution is 14.0. The van der Waals surface area contributed by atoms with Gasteiger partial charge in [-0.05, 0) is 57.9 Å². The molecule has 182 valence electrons. The first-order chi connectivity index (χ1) is 15.3. The normalized spacial score (nSPS) is 18.9. The van der Waals surface area contributed by atoms with Crippen LogP contribution >= 0.6 is 24.0 Å². The maximum atomic E-state index is 6.33. The van der Waals surface area contributed by atoms with Crippen molar-refractivity contribution in [1.82, 2.24) is 10.6 Å². The summed E-state index contributed by atoms with van der Waals surface area (Å²) >= 11 is 0. The topological polar surface area (TPSA) is 73.3 Å². The number of hydrogen-bond donors (Lipinski definition) is 2. The van der Waals surface area contributed by atoms with Crippen LogP contribution in [-0.4, -0.2) is 58.2 Å². The fourth-order valence-corrected chi connectivity index (χ4v) is 4.03. The van der Waals surface area contributed by atoms with Crippen molar-refractivity contribution in [2.75, 3.05) is 40.0 Å². The Morgan fingerprint density at radius 1 is 1.16 bits per heavy atom. The molecule has 32 heavy (non-hydrogen) atoms. The second-order valence-electron chi connectivity index (χ2n) is 8.16. The van der Waals surface area contributed by atoms with Crippen molar-refractivity contribution < 1.29 is 18.9 Å². The highest BCUT2D eigenvalue weighted by Crippen LogP contribution is 2.35. The molecule has 1 saturated heterocycles. The molecular weight excluding hydrogens is 521 g/mol. The van der Waals surface area contributed by atoms with Gasteiger partial charge in [0.15, 0.2) is 17.5 Å². The molecule has 2 aliphatic rings. The first kappa shape index (κ1) is 27.0. The van der Waals surface area contributed by atoms with Crippen molar-refractivity contribution in [3.05, 3.63) is 23.8 Å². The van der Waals surface area contributed by atoms with Gasteiger partial charge in [0.05, 0.1) is 32.5 Å². The van der Waals surface area contributed by atoms with Gasteiger partial charge in [0, 0.05) is 31.9 Å². The van der Waals surface area contributed by atoms with Gasteiger partial charge in [-0.25, -0.2) is 4.99 Å². The number of guanidine groups is 1. The molecule has 1 aromatic carbocycles. The van der Waals surface area contributed by atoms with E-state index in [1.807, 2.05) is 12.1 Å². The van der Waals surface area contributed by atoms with Gasteiger partial charge in [-0.3, -0.25) is 0 Å². The maximum absolute atomic E-state index is 6.33. The van der Waals surface area contributed by atoms with Crippen LogP contribution < -0.4 is 20.1 Å². The van der Waals surface area contributed by atoms with Crippen molar-refractivity contribution >= 4 is 29.9 Å². The van der Waals surface area contributed by atoms with E-state index in [9.17, 15) is 0 Å². The van der Waals surface area contributed by atoms with Crippen LogP contribution in [0.3, 0.4) is 0 Å². The van der Waals surface area contributed by atoms with Crippen molar-refractivity contribution in [3.8, 4) is 11.5 Å². The second kappa shape index (κ2) is 15.6. The Bertz CT molecular complexity index is 677. The summed E-state index contributed by atoms with van der Waals surface area (Å²) in [5.41, 5.74) is 1.04. The van der Waals surface area contributed by atoms with E-state index in [0.717, 1.165) is 81.4 Å². The number of nitrogens with one attached hydrogen (secondary N) is 2. The van der Waals surface area contributed by atoms with E-state index >= 15 is 0 Å². The van der Waals surface area contributed by atoms with Gasteiger partial charge < -0.3 is 29.6 Å². The van der Waals surface area contributed by atoms with Crippen LogP contribution in [0.1, 0.15) is 57.4 Å². The van der Waals surface area contributed by atoms with E-state index < -0.39 is 0 Å². The number of methoxy groups -OCH3 is 1. The molecule has 0 spiro atoms. The predicted molar refractivity (Wildman–Crippen MR) is 139 cm³/mol. The van der Waals surface area contributed by atoms with E-state index in [1.165, 1.54) is 12.8 Å². The van der Waals surface area contributed by atoms with Crippen LogP contribution in [0.4, 0.5) is 0 Å². The molecule has 1 aromatic rings. The van der Waals surface area contributed by atoms with Crippen LogP contribution in [0.15, 0.2) is 23.2 Å². The van der Waals surface area contributed by atoms with Gasteiger partial charge in [0.25, 0.3) is 0 Å². The quantitative estimate of drug-likeness (QED) is 0.172.